The highest BCUT2D eigenvalue weighted by atomic mass is 16.3. The zero-order valence-corrected chi connectivity index (χ0v) is 9.57. The zero-order chi connectivity index (χ0) is 12.0. The summed E-state index contributed by atoms with van der Waals surface area (Å²) >= 11 is 0. The summed E-state index contributed by atoms with van der Waals surface area (Å²) in [7, 11) is 0. The first-order chi connectivity index (χ1) is 6.61. The molecule has 0 heterocycles. The van der Waals surface area contributed by atoms with E-state index in [0.29, 0.717) is 0 Å². The molecule has 1 fully saturated rings. The van der Waals surface area contributed by atoms with Crippen molar-refractivity contribution in [2.45, 2.75) is 45.8 Å². The van der Waals surface area contributed by atoms with Crippen molar-refractivity contribution in [1.29, 1.82) is 0 Å². The van der Waals surface area contributed by atoms with E-state index in [2.05, 4.69) is 0 Å². The van der Waals surface area contributed by atoms with Gasteiger partial charge in [-0.15, -0.1) is 0 Å². The summed E-state index contributed by atoms with van der Waals surface area (Å²) in [6.07, 6.45) is -1.02. The maximum absolute atomic E-state index is 11.9. The van der Waals surface area contributed by atoms with Gasteiger partial charge in [-0.05, 0) is 20.3 Å². The lowest BCUT2D eigenvalue weighted by atomic mass is 9.60. The number of hydrogen-bond donors (Lipinski definition) is 2. The quantitative estimate of drug-likeness (QED) is 0.658. The lowest BCUT2D eigenvalue weighted by molar-refractivity contribution is -0.175. The molecule has 0 aliphatic heterocycles. The molecule has 4 nitrogen and oxygen atoms in total. The van der Waals surface area contributed by atoms with Crippen molar-refractivity contribution < 1.29 is 19.8 Å². The Hall–Kier alpha value is -0.740. The minimum atomic E-state index is -1.74. The lowest BCUT2D eigenvalue weighted by Crippen LogP contribution is -2.60. The fourth-order valence-electron chi connectivity index (χ4n) is 2.38. The van der Waals surface area contributed by atoms with Gasteiger partial charge in [0.2, 0.25) is 0 Å². The van der Waals surface area contributed by atoms with E-state index in [0.717, 1.165) is 0 Å². The Morgan fingerprint density at radius 3 is 2.27 bits per heavy atom. The Morgan fingerprint density at radius 1 is 1.40 bits per heavy atom. The maximum atomic E-state index is 11.9. The molecule has 3 atom stereocenters. The fourth-order valence-corrected chi connectivity index (χ4v) is 2.38. The summed E-state index contributed by atoms with van der Waals surface area (Å²) in [4.78, 5) is 23.3. The van der Waals surface area contributed by atoms with Crippen LogP contribution in [0.4, 0.5) is 0 Å². The Morgan fingerprint density at radius 2 is 1.87 bits per heavy atom. The van der Waals surface area contributed by atoms with Gasteiger partial charge in [-0.25, -0.2) is 0 Å². The van der Waals surface area contributed by atoms with Crippen LogP contribution >= 0.6 is 0 Å². The molecule has 86 valence electrons. The zero-order valence-electron chi connectivity index (χ0n) is 9.57. The number of aliphatic hydroxyl groups is 2. The molecule has 1 aliphatic rings. The molecule has 2 N–H and O–H groups in total. The van der Waals surface area contributed by atoms with Crippen molar-refractivity contribution in [3.05, 3.63) is 0 Å². The number of aliphatic hydroxyl groups excluding tert-OH is 1. The average Bonchev–Trinajstić information content (AvgIpc) is 2.09. The molecule has 0 aromatic rings. The molecule has 0 spiro atoms. The molecule has 0 bridgehead atoms. The van der Waals surface area contributed by atoms with Crippen LogP contribution in [0.1, 0.15) is 34.1 Å². The number of carbonyl (C=O) groups excluding carboxylic acids is 2. The Labute approximate surface area is 89.3 Å². The van der Waals surface area contributed by atoms with E-state index in [1.165, 1.54) is 13.8 Å². The summed E-state index contributed by atoms with van der Waals surface area (Å²) in [5.74, 6) is -1.10. The van der Waals surface area contributed by atoms with Crippen molar-refractivity contribution in [2.75, 3.05) is 0 Å². The highest BCUT2D eigenvalue weighted by Crippen LogP contribution is 2.42. The molecular weight excluding hydrogens is 196 g/mol. The maximum Gasteiger partial charge on any atom is 0.173 e. The van der Waals surface area contributed by atoms with E-state index in [4.69, 9.17) is 0 Å². The first kappa shape index (κ1) is 12.3. The fraction of sp³-hybridized carbons (Fsp3) is 0.818. The molecule has 1 rings (SSSR count). The molecule has 1 saturated carbocycles. The summed E-state index contributed by atoms with van der Waals surface area (Å²) in [6.45, 7) is 5.99. The van der Waals surface area contributed by atoms with Crippen molar-refractivity contribution >= 4 is 11.6 Å². The smallest absolute Gasteiger partial charge is 0.173 e. The third-order valence-electron chi connectivity index (χ3n) is 3.51. The van der Waals surface area contributed by atoms with Crippen LogP contribution in [0.2, 0.25) is 0 Å². The number of rotatable bonds is 1. The van der Waals surface area contributed by atoms with E-state index < -0.39 is 28.8 Å². The van der Waals surface area contributed by atoms with Crippen molar-refractivity contribution in [1.82, 2.24) is 0 Å². The normalized spacial score (nSPS) is 40.3. The van der Waals surface area contributed by atoms with E-state index in [9.17, 15) is 19.8 Å². The summed E-state index contributed by atoms with van der Waals surface area (Å²) in [6, 6.07) is 0. The second-order valence-corrected chi connectivity index (χ2v) is 5.11. The number of carbonyl (C=O) groups is 2. The molecule has 0 radical (unpaired) electrons. The summed E-state index contributed by atoms with van der Waals surface area (Å²) in [5, 5.41) is 19.5. The van der Waals surface area contributed by atoms with Gasteiger partial charge in [-0.1, -0.05) is 13.8 Å². The number of hydrogen-bond acceptors (Lipinski definition) is 4. The van der Waals surface area contributed by atoms with Crippen LogP contribution in [0.15, 0.2) is 0 Å². The third-order valence-corrected chi connectivity index (χ3v) is 3.51. The van der Waals surface area contributed by atoms with Gasteiger partial charge in [0.25, 0.3) is 0 Å². The van der Waals surface area contributed by atoms with Gasteiger partial charge in [0, 0.05) is 11.3 Å². The van der Waals surface area contributed by atoms with Crippen molar-refractivity contribution in [2.24, 2.45) is 11.3 Å². The molecule has 0 aromatic carbocycles. The van der Waals surface area contributed by atoms with Crippen molar-refractivity contribution in [3.8, 4) is 0 Å². The van der Waals surface area contributed by atoms with Gasteiger partial charge in [0.15, 0.2) is 5.78 Å². The largest absolute Gasteiger partial charge is 0.390 e. The predicted molar refractivity (Wildman–Crippen MR) is 54.2 cm³/mol. The van der Waals surface area contributed by atoms with Gasteiger partial charge in [-0.3, -0.25) is 9.59 Å². The second-order valence-electron chi connectivity index (χ2n) is 5.11. The van der Waals surface area contributed by atoms with E-state index in [1.807, 2.05) is 0 Å². The lowest BCUT2D eigenvalue weighted by Gasteiger charge is -2.45. The van der Waals surface area contributed by atoms with Gasteiger partial charge < -0.3 is 10.2 Å². The standard InChI is InChI=1S/C11H18O4/c1-6(12)7-5-8(13)11(4,15)9(14)10(7,2)3/h7-8,13,15H,5H2,1-4H3/t7-,8+,11-/m0/s1. The van der Waals surface area contributed by atoms with E-state index >= 15 is 0 Å². The number of Topliss-reactive ketones (excluding diaryl/α,β-unsaturated/α-hetero) is 2. The van der Waals surface area contributed by atoms with Crippen LogP contribution in [0.5, 0.6) is 0 Å². The Bertz CT molecular complexity index is 304. The van der Waals surface area contributed by atoms with Crippen LogP contribution in [-0.2, 0) is 9.59 Å². The second kappa shape index (κ2) is 3.39. The van der Waals surface area contributed by atoms with Gasteiger partial charge in [-0.2, -0.15) is 0 Å². The monoisotopic (exact) mass is 214 g/mol. The highest BCUT2D eigenvalue weighted by Gasteiger charge is 2.55. The molecule has 0 aromatic heterocycles. The van der Waals surface area contributed by atoms with Crippen LogP contribution < -0.4 is 0 Å². The minimum absolute atomic E-state index is 0.122. The van der Waals surface area contributed by atoms with E-state index in [1.54, 1.807) is 13.8 Å². The summed E-state index contributed by atoms with van der Waals surface area (Å²) in [5.41, 5.74) is -2.65. The SMILES string of the molecule is CC(=O)[C@@H]1C[C@@H](O)[C@](C)(O)C(=O)C1(C)C. The average molecular weight is 214 g/mol. The van der Waals surface area contributed by atoms with Crippen LogP contribution in [0, 0.1) is 11.3 Å². The first-order valence-corrected chi connectivity index (χ1v) is 5.07. The predicted octanol–water partition coefficient (Wildman–Crippen LogP) is 0.302. The van der Waals surface area contributed by atoms with Crippen LogP contribution in [0.3, 0.4) is 0 Å². The Balaban J connectivity index is 3.13. The summed E-state index contributed by atoms with van der Waals surface area (Å²) < 4.78 is 0. The van der Waals surface area contributed by atoms with Gasteiger partial charge >= 0.3 is 0 Å². The van der Waals surface area contributed by atoms with E-state index in [-0.39, 0.29) is 12.2 Å². The minimum Gasteiger partial charge on any atom is -0.390 e. The van der Waals surface area contributed by atoms with Gasteiger partial charge in [0.1, 0.15) is 11.4 Å². The molecule has 0 amide bonds. The number of ketones is 2. The van der Waals surface area contributed by atoms with Crippen molar-refractivity contribution in [3.63, 3.8) is 0 Å². The molecular formula is C11H18O4. The van der Waals surface area contributed by atoms with Crippen LogP contribution in [-0.4, -0.2) is 33.5 Å². The first-order valence-electron chi connectivity index (χ1n) is 5.07. The topological polar surface area (TPSA) is 74.6 Å². The molecule has 1 aliphatic carbocycles. The molecule has 0 unspecified atom stereocenters. The highest BCUT2D eigenvalue weighted by molar-refractivity contribution is 5.97. The molecule has 0 saturated heterocycles. The van der Waals surface area contributed by atoms with Crippen LogP contribution in [0.25, 0.3) is 0 Å². The molecule has 4 heteroatoms. The Kier molecular flexibility index (Phi) is 2.78. The third kappa shape index (κ3) is 1.72. The van der Waals surface area contributed by atoms with Gasteiger partial charge in [0.05, 0.1) is 6.10 Å². The molecule has 15 heavy (non-hydrogen) atoms.